The second-order valence-corrected chi connectivity index (χ2v) is 7.50. The molecule has 7 nitrogen and oxygen atoms in total. The monoisotopic (exact) mass is 398 g/mol. The van der Waals surface area contributed by atoms with Gasteiger partial charge in [0.05, 0.1) is 29.1 Å². The number of pyridine rings is 1. The van der Waals surface area contributed by atoms with E-state index in [9.17, 15) is 14.7 Å². The van der Waals surface area contributed by atoms with Crippen molar-refractivity contribution in [2.75, 3.05) is 6.26 Å². The fraction of sp³-hybridized carbons (Fsp3) is 0.300. The summed E-state index contributed by atoms with van der Waals surface area (Å²) in [6.07, 6.45) is 1.77. The molecule has 0 radical (unpaired) electrons. The maximum Gasteiger partial charge on any atom is 0.305 e. The Hall–Kier alpha value is -2.87. The lowest BCUT2D eigenvalue weighted by atomic mass is 10.0. The van der Waals surface area contributed by atoms with Gasteiger partial charge >= 0.3 is 5.97 Å². The number of fused-ring (bicyclic) bond motifs is 1. The first-order chi connectivity index (χ1) is 13.3. The smallest absolute Gasteiger partial charge is 0.305 e. The molecule has 3 aromatic rings. The summed E-state index contributed by atoms with van der Waals surface area (Å²) in [6.45, 7) is 3.64. The minimum Gasteiger partial charge on any atom is -0.481 e. The van der Waals surface area contributed by atoms with Gasteiger partial charge in [-0.3, -0.25) is 14.3 Å². The fourth-order valence-electron chi connectivity index (χ4n) is 3.25. The average Bonchev–Trinajstić information content (AvgIpc) is 2.94. The van der Waals surface area contributed by atoms with E-state index in [4.69, 9.17) is 0 Å². The third-order valence-corrected chi connectivity index (χ3v) is 5.29. The van der Waals surface area contributed by atoms with Gasteiger partial charge < -0.3 is 10.4 Å². The molecule has 0 aliphatic carbocycles. The summed E-state index contributed by atoms with van der Waals surface area (Å²) < 4.78 is 1.64. The number of rotatable bonds is 6. The van der Waals surface area contributed by atoms with Crippen LogP contribution in [0.25, 0.3) is 11.0 Å². The zero-order chi connectivity index (χ0) is 20.4. The summed E-state index contributed by atoms with van der Waals surface area (Å²) in [5.41, 5.74) is 3.22. The van der Waals surface area contributed by atoms with E-state index in [1.165, 1.54) is 0 Å². The van der Waals surface area contributed by atoms with Crippen LogP contribution in [-0.4, -0.2) is 38.0 Å². The van der Waals surface area contributed by atoms with Crippen molar-refractivity contribution >= 4 is 34.7 Å². The number of aliphatic carboxylic acids is 1. The van der Waals surface area contributed by atoms with Gasteiger partial charge in [0.2, 0.25) is 0 Å². The SMILES string of the molecule is CSc1ccc(C(CC(=O)O)NC(=O)c2cc(C)nc3c2c(C)nn3C)cc1. The van der Waals surface area contributed by atoms with Crippen LogP contribution in [0.3, 0.4) is 0 Å². The molecular formula is C20H22N4O3S. The summed E-state index contributed by atoms with van der Waals surface area (Å²) in [6, 6.07) is 8.61. The normalized spacial score (nSPS) is 12.1. The number of carboxylic acids is 1. The van der Waals surface area contributed by atoms with Gasteiger partial charge in [0.1, 0.15) is 0 Å². The Labute approximate surface area is 167 Å². The van der Waals surface area contributed by atoms with Gasteiger partial charge in [-0.25, -0.2) is 4.98 Å². The highest BCUT2D eigenvalue weighted by Crippen LogP contribution is 2.25. The maximum atomic E-state index is 13.1. The number of hydrogen-bond donors (Lipinski definition) is 2. The molecule has 146 valence electrons. The number of aromatic nitrogens is 3. The molecule has 1 aromatic carbocycles. The van der Waals surface area contributed by atoms with Gasteiger partial charge in [-0.15, -0.1) is 11.8 Å². The maximum absolute atomic E-state index is 13.1. The van der Waals surface area contributed by atoms with E-state index in [2.05, 4.69) is 15.4 Å². The van der Waals surface area contributed by atoms with Crippen LogP contribution >= 0.6 is 11.8 Å². The van der Waals surface area contributed by atoms with Crippen LogP contribution in [0.1, 0.15) is 39.8 Å². The minimum atomic E-state index is -0.979. The van der Waals surface area contributed by atoms with E-state index in [0.29, 0.717) is 28.0 Å². The van der Waals surface area contributed by atoms with Crippen molar-refractivity contribution in [2.45, 2.75) is 31.2 Å². The Morgan fingerprint density at radius 1 is 1.25 bits per heavy atom. The number of amides is 1. The number of nitrogens with one attached hydrogen (secondary N) is 1. The molecule has 0 aliphatic heterocycles. The van der Waals surface area contributed by atoms with E-state index < -0.39 is 12.0 Å². The zero-order valence-corrected chi connectivity index (χ0v) is 17.0. The Bertz CT molecular complexity index is 1040. The predicted octanol–water partition coefficient (Wildman–Crippen LogP) is 3.25. The first kappa shape index (κ1) is 19.9. The lowest BCUT2D eigenvalue weighted by Gasteiger charge is -2.18. The molecule has 2 heterocycles. The van der Waals surface area contributed by atoms with E-state index in [-0.39, 0.29) is 12.3 Å². The van der Waals surface area contributed by atoms with Crippen molar-refractivity contribution in [3.63, 3.8) is 0 Å². The van der Waals surface area contributed by atoms with Crippen LogP contribution in [0.4, 0.5) is 0 Å². The third-order valence-electron chi connectivity index (χ3n) is 4.54. The molecule has 1 unspecified atom stereocenters. The van der Waals surface area contributed by atoms with Crippen molar-refractivity contribution in [2.24, 2.45) is 7.05 Å². The molecule has 0 saturated heterocycles. The number of benzene rings is 1. The second kappa shape index (κ2) is 8.02. The molecule has 3 rings (SSSR count). The van der Waals surface area contributed by atoms with Crippen molar-refractivity contribution in [3.8, 4) is 0 Å². The third kappa shape index (κ3) is 4.01. The van der Waals surface area contributed by atoms with Crippen LogP contribution in [0, 0.1) is 13.8 Å². The van der Waals surface area contributed by atoms with Crippen LogP contribution < -0.4 is 5.32 Å². The summed E-state index contributed by atoms with van der Waals surface area (Å²) in [7, 11) is 1.78. The van der Waals surface area contributed by atoms with E-state index >= 15 is 0 Å². The number of hydrogen-bond acceptors (Lipinski definition) is 5. The number of carboxylic acid groups (broad SMARTS) is 1. The lowest BCUT2D eigenvalue weighted by molar-refractivity contribution is -0.137. The van der Waals surface area contributed by atoms with E-state index in [1.807, 2.05) is 44.4 Å². The number of thioether (sulfide) groups is 1. The van der Waals surface area contributed by atoms with Crippen LogP contribution in [0.2, 0.25) is 0 Å². The minimum absolute atomic E-state index is 0.205. The molecule has 0 bridgehead atoms. The molecule has 0 aliphatic rings. The lowest BCUT2D eigenvalue weighted by Crippen LogP contribution is -2.30. The number of aryl methyl sites for hydroxylation is 3. The Balaban J connectivity index is 1.98. The van der Waals surface area contributed by atoms with Gasteiger partial charge in [0.25, 0.3) is 5.91 Å². The number of nitrogens with zero attached hydrogens (tertiary/aromatic N) is 3. The van der Waals surface area contributed by atoms with Gasteiger partial charge in [-0.05, 0) is 43.9 Å². The highest BCUT2D eigenvalue weighted by Gasteiger charge is 2.22. The molecule has 1 amide bonds. The molecule has 2 N–H and O–H groups in total. The zero-order valence-electron chi connectivity index (χ0n) is 16.2. The largest absolute Gasteiger partial charge is 0.481 e. The Morgan fingerprint density at radius 2 is 1.93 bits per heavy atom. The first-order valence-corrected chi connectivity index (χ1v) is 10.00. The van der Waals surface area contributed by atoms with Crippen molar-refractivity contribution in [3.05, 3.63) is 52.8 Å². The van der Waals surface area contributed by atoms with Crippen molar-refractivity contribution in [1.29, 1.82) is 0 Å². The summed E-state index contributed by atoms with van der Waals surface area (Å²) in [4.78, 5) is 30.0. The van der Waals surface area contributed by atoms with Gasteiger partial charge in [-0.1, -0.05) is 12.1 Å². The summed E-state index contributed by atoms with van der Waals surface area (Å²) in [5.74, 6) is -1.32. The highest BCUT2D eigenvalue weighted by atomic mass is 32.2. The molecule has 2 aromatic heterocycles. The summed E-state index contributed by atoms with van der Waals surface area (Å²) >= 11 is 1.60. The highest BCUT2D eigenvalue weighted by molar-refractivity contribution is 7.98. The number of carbonyl (C=O) groups is 2. The molecule has 8 heteroatoms. The molecule has 0 fully saturated rings. The Kier molecular flexibility index (Phi) is 5.69. The van der Waals surface area contributed by atoms with Crippen LogP contribution in [0.15, 0.2) is 35.2 Å². The van der Waals surface area contributed by atoms with Crippen molar-refractivity contribution < 1.29 is 14.7 Å². The fourth-order valence-corrected chi connectivity index (χ4v) is 3.66. The van der Waals surface area contributed by atoms with Gasteiger partial charge in [0, 0.05) is 17.6 Å². The van der Waals surface area contributed by atoms with E-state index in [1.54, 1.807) is 29.6 Å². The topological polar surface area (TPSA) is 97.1 Å². The average molecular weight is 398 g/mol. The molecule has 0 saturated carbocycles. The van der Waals surface area contributed by atoms with Gasteiger partial charge in [0.15, 0.2) is 5.65 Å². The number of carbonyl (C=O) groups excluding carboxylic acids is 1. The predicted molar refractivity (Wildman–Crippen MR) is 109 cm³/mol. The van der Waals surface area contributed by atoms with Gasteiger partial charge in [-0.2, -0.15) is 5.10 Å². The second-order valence-electron chi connectivity index (χ2n) is 6.62. The van der Waals surface area contributed by atoms with Crippen molar-refractivity contribution in [1.82, 2.24) is 20.1 Å². The Morgan fingerprint density at radius 3 is 2.54 bits per heavy atom. The van der Waals surface area contributed by atoms with Crippen LogP contribution in [0.5, 0.6) is 0 Å². The molecule has 28 heavy (non-hydrogen) atoms. The molecular weight excluding hydrogens is 376 g/mol. The molecule has 0 spiro atoms. The van der Waals surface area contributed by atoms with Crippen LogP contribution in [-0.2, 0) is 11.8 Å². The summed E-state index contributed by atoms with van der Waals surface area (Å²) in [5, 5.41) is 17.2. The molecule has 1 atom stereocenters. The standard InChI is InChI=1S/C20H22N4O3S/c1-11-9-15(18-12(2)23-24(3)19(18)21-11)20(27)22-16(10-17(25)26)13-5-7-14(28-4)8-6-13/h5-9,16H,10H2,1-4H3,(H,22,27)(H,25,26). The first-order valence-electron chi connectivity index (χ1n) is 8.77. The quantitative estimate of drug-likeness (QED) is 0.619. The van der Waals surface area contributed by atoms with E-state index in [0.717, 1.165) is 10.5 Å².